The van der Waals surface area contributed by atoms with Crippen LogP contribution in [-0.4, -0.2) is 31.1 Å². The molecule has 0 saturated heterocycles. The minimum absolute atomic E-state index is 0.148. The van der Waals surface area contributed by atoms with Gasteiger partial charge < -0.3 is 21.5 Å². The molecule has 1 heterocycles. The lowest BCUT2D eigenvalue weighted by atomic mass is 9.99. The highest BCUT2D eigenvalue weighted by atomic mass is 32.2. The second kappa shape index (κ2) is 8.02. The Balaban J connectivity index is 1.56. The Morgan fingerprint density at radius 2 is 1.93 bits per heavy atom. The molecule has 2 atom stereocenters. The first-order valence-electron chi connectivity index (χ1n) is 9.60. The molecule has 0 aromatic heterocycles. The van der Waals surface area contributed by atoms with Crippen molar-refractivity contribution in [1.29, 1.82) is 0 Å². The number of amides is 2. The van der Waals surface area contributed by atoms with Gasteiger partial charge in [0.1, 0.15) is 11.5 Å². The van der Waals surface area contributed by atoms with Gasteiger partial charge in [0.2, 0.25) is 5.90 Å². The van der Waals surface area contributed by atoms with E-state index >= 15 is 0 Å². The predicted octanol–water partition coefficient (Wildman–Crippen LogP) is 1.43. The average Bonchev–Trinajstić information content (AvgIpc) is 3.32. The largest absolute Gasteiger partial charge is 0.475 e. The van der Waals surface area contributed by atoms with Crippen molar-refractivity contribution in [3.63, 3.8) is 0 Å². The van der Waals surface area contributed by atoms with Crippen LogP contribution < -0.4 is 21.9 Å². The summed E-state index contributed by atoms with van der Waals surface area (Å²) in [5.74, 6) is 0.313. The Hall–Kier alpha value is -2.23. The Morgan fingerprint density at radius 1 is 1.25 bits per heavy atom. The molecule has 2 aliphatic carbocycles. The minimum Gasteiger partial charge on any atom is -0.475 e. The van der Waals surface area contributed by atoms with Crippen molar-refractivity contribution in [2.75, 3.05) is 18.5 Å². The monoisotopic (exact) mass is 402 g/mol. The van der Waals surface area contributed by atoms with Crippen LogP contribution in [0.1, 0.15) is 35.1 Å². The van der Waals surface area contributed by atoms with Crippen molar-refractivity contribution in [1.82, 2.24) is 0 Å². The number of nitrogens with two attached hydrogens (primary N) is 3. The maximum absolute atomic E-state index is 12.7. The molecule has 7 N–H and O–H groups in total. The van der Waals surface area contributed by atoms with Crippen LogP contribution in [-0.2, 0) is 41.3 Å². The molecule has 2 unspecified atom stereocenters. The molecular weight excluding hydrogens is 376 g/mol. The zero-order valence-corrected chi connectivity index (χ0v) is 16.6. The summed E-state index contributed by atoms with van der Waals surface area (Å²) >= 11 is 0. The summed E-state index contributed by atoms with van der Waals surface area (Å²) < 4.78 is 9.60. The molecule has 3 aliphatic rings. The molecule has 8 nitrogen and oxygen atoms in total. The number of hydrogen-bond donors (Lipinski definition) is 4. The molecule has 1 aromatic rings. The molecule has 0 spiro atoms. The summed E-state index contributed by atoms with van der Waals surface area (Å²) in [6.07, 6.45) is 7.68. The highest BCUT2D eigenvalue weighted by Crippen LogP contribution is 2.38. The fourth-order valence-electron chi connectivity index (χ4n) is 4.10. The Bertz CT molecular complexity index is 876. The van der Waals surface area contributed by atoms with Gasteiger partial charge in [0.05, 0.1) is 12.6 Å². The number of fused-ring (bicyclic) bond motifs is 2. The number of ether oxygens (including phenoxy) is 1. The van der Waals surface area contributed by atoms with E-state index in [0.717, 1.165) is 44.2 Å². The van der Waals surface area contributed by atoms with E-state index in [0.29, 0.717) is 24.0 Å². The molecule has 28 heavy (non-hydrogen) atoms. The molecule has 1 aliphatic heterocycles. The fourth-order valence-corrected chi connectivity index (χ4v) is 4.86. The first kappa shape index (κ1) is 19.1. The second-order valence-electron chi connectivity index (χ2n) is 7.32. The number of nitrogens with one attached hydrogen (secondary N) is 1. The quantitative estimate of drug-likeness (QED) is 0.605. The van der Waals surface area contributed by atoms with E-state index in [4.69, 9.17) is 21.3 Å². The van der Waals surface area contributed by atoms with Gasteiger partial charge in [-0.1, -0.05) is 6.07 Å². The first-order valence-corrected chi connectivity index (χ1v) is 10.8. The van der Waals surface area contributed by atoms with Crippen molar-refractivity contribution in [3.05, 3.63) is 39.4 Å². The summed E-state index contributed by atoms with van der Waals surface area (Å²) in [6, 6.07) is 1.71. The van der Waals surface area contributed by atoms with Crippen LogP contribution in [0.3, 0.4) is 0 Å². The van der Waals surface area contributed by atoms with Crippen LogP contribution in [0.15, 0.2) is 26.5 Å². The maximum Gasteiger partial charge on any atom is 0.352 e. The van der Waals surface area contributed by atoms with Crippen LogP contribution >= 0.6 is 0 Å². The molecule has 9 heteroatoms. The van der Waals surface area contributed by atoms with Gasteiger partial charge in [-0.15, -0.1) is 0 Å². The van der Waals surface area contributed by atoms with E-state index < -0.39 is 16.9 Å². The van der Waals surface area contributed by atoms with Crippen molar-refractivity contribution in [2.24, 2.45) is 26.0 Å². The standard InChI is InChI=1S/C19H26N6O2S/c20-8-16(18-23-9-13(21)10-27-18)28(22)25-19(26)24-17-14-5-1-3-11(14)7-12-4-2-6-15(12)17/h7-8,13H,1-6,9-10,20-21H2,(H3,22,24,25,26)/b16-8+. The van der Waals surface area contributed by atoms with E-state index in [9.17, 15) is 4.79 Å². The zero-order chi connectivity index (χ0) is 19.7. The maximum atomic E-state index is 12.7. The second-order valence-corrected chi connectivity index (χ2v) is 8.57. The molecule has 4 rings (SSSR count). The SMILES string of the molecule is N/C=C(C1=NCC(N)CO1)/S(N)=N\C(=O)Nc1c2c(cc3c1CCC3)CCC2. The summed E-state index contributed by atoms with van der Waals surface area (Å²) in [4.78, 5) is 17.3. The Morgan fingerprint density at radius 3 is 2.50 bits per heavy atom. The number of rotatable bonds is 3. The Labute approximate surface area is 166 Å². The lowest BCUT2D eigenvalue weighted by Gasteiger charge is -2.20. The highest BCUT2D eigenvalue weighted by molar-refractivity contribution is 7.90. The van der Waals surface area contributed by atoms with Crippen LogP contribution in [0.25, 0.3) is 0 Å². The third-order valence-electron chi connectivity index (χ3n) is 5.38. The van der Waals surface area contributed by atoms with Crippen LogP contribution in [0, 0.1) is 0 Å². The van der Waals surface area contributed by atoms with Crippen molar-refractivity contribution < 1.29 is 9.53 Å². The predicted molar refractivity (Wildman–Crippen MR) is 112 cm³/mol. The van der Waals surface area contributed by atoms with Gasteiger partial charge in [0, 0.05) is 22.8 Å². The van der Waals surface area contributed by atoms with Gasteiger partial charge in [-0.25, -0.2) is 9.79 Å². The average molecular weight is 403 g/mol. The molecule has 2 amide bonds. The van der Waals surface area contributed by atoms with E-state index in [1.54, 1.807) is 0 Å². The number of aryl methyl sites for hydroxylation is 2. The molecule has 0 bridgehead atoms. The van der Waals surface area contributed by atoms with E-state index in [-0.39, 0.29) is 6.04 Å². The summed E-state index contributed by atoms with van der Waals surface area (Å²) in [5, 5.41) is 9.15. The van der Waals surface area contributed by atoms with Gasteiger partial charge in [-0.3, -0.25) is 5.14 Å². The van der Waals surface area contributed by atoms with Crippen molar-refractivity contribution >= 4 is 28.5 Å². The number of anilines is 1. The van der Waals surface area contributed by atoms with Gasteiger partial charge in [0.15, 0.2) is 0 Å². The van der Waals surface area contributed by atoms with Crippen LogP contribution in [0.2, 0.25) is 0 Å². The van der Waals surface area contributed by atoms with E-state index in [2.05, 4.69) is 20.7 Å². The number of aliphatic imine (C=N–C) groups is 1. The summed E-state index contributed by atoms with van der Waals surface area (Å²) in [5.41, 5.74) is 17.6. The molecular formula is C19H26N6O2S. The van der Waals surface area contributed by atoms with Crippen LogP contribution in [0.4, 0.5) is 10.5 Å². The molecule has 1 aromatic carbocycles. The van der Waals surface area contributed by atoms with Gasteiger partial charge in [0.25, 0.3) is 0 Å². The van der Waals surface area contributed by atoms with Gasteiger partial charge in [-0.2, -0.15) is 4.36 Å². The lowest BCUT2D eigenvalue weighted by molar-refractivity contribution is 0.260. The van der Waals surface area contributed by atoms with Crippen molar-refractivity contribution in [3.8, 4) is 0 Å². The molecule has 0 saturated carbocycles. The number of urea groups is 1. The number of nitrogens with zero attached hydrogens (tertiary/aromatic N) is 2. The molecule has 0 radical (unpaired) electrons. The highest BCUT2D eigenvalue weighted by Gasteiger charge is 2.25. The third-order valence-corrected chi connectivity index (χ3v) is 6.50. The Kier molecular flexibility index (Phi) is 5.47. The number of carbonyl (C=O) groups is 1. The van der Waals surface area contributed by atoms with Crippen molar-refractivity contribution in [2.45, 2.75) is 44.6 Å². The number of carbonyl (C=O) groups excluding carboxylic acids is 1. The fraction of sp³-hybridized carbons (Fsp3) is 0.474. The number of hydrogen-bond acceptors (Lipinski definition) is 5. The minimum atomic E-state index is -1.26. The van der Waals surface area contributed by atoms with E-state index in [1.165, 1.54) is 28.5 Å². The zero-order valence-electron chi connectivity index (χ0n) is 15.7. The van der Waals surface area contributed by atoms with Gasteiger partial charge in [-0.05, 0) is 60.8 Å². The molecule has 150 valence electrons. The van der Waals surface area contributed by atoms with Gasteiger partial charge >= 0.3 is 6.03 Å². The van der Waals surface area contributed by atoms with E-state index in [1.807, 2.05) is 0 Å². The lowest BCUT2D eigenvalue weighted by Crippen LogP contribution is -2.36. The molecule has 0 fully saturated rings. The normalized spacial score (nSPS) is 22.3. The first-order chi connectivity index (χ1) is 13.6. The van der Waals surface area contributed by atoms with Crippen LogP contribution in [0.5, 0.6) is 0 Å². The smallest absolute Gasteiger partial charge is 0.352 e. The number of benzene rings is 1. The summed E-state index contributed by atoms with van der Waals surface area (Å²) in [6.45, 7) is 0.764. The topological polar surface area (TPSA) is 141 Å². The summed E-state index contributed by atoms with van der Waals surface area (Å²) in [7, 11) is -1.26. The third kappa shape index (κ3) is 3.69.